The van der Waals surface area contributed by atoms with Gasteiger partial charge in [-0.05, 0) is 19.8 Å². The zero-order chi connectivity index (χ0) is 11.3. The van der Waals surface area contributed by atoms with Gasteiger partial charge in [-0.3, -0.25) is 4.79 Å². The lowest BCUT2D eigenvalue weighted by Crippen LogP contribution is -2.28. The van der Waals surface area contributed by atoms with Crippen molar-refractivity contribution < 1.29 is 4.79 Å². The van der Waals surface area contributed by atoms with Gasteiger partial charge in [-0.2, -0.15) is 10.2 Å². The molecule has 1 atom stereocenters. The second-order valence-corrected chi connectivity index (χ2v) is 4.57. The molecule has 0 N–H and O–H groups in total. The number of rotatable bonds is 5. The van der Waals surface area contributed by atoms with Gasteiger partial charge in [0.25, 0.3) is 0 Å². The summed E-state index contributed by atoms with van der Waals surface area (Å²) in [6, 6.07) is -0.103. The van der Waals surface area contributed by atoms with Crippen LogP contribution in [0.1, 0.15) is 41.5 Å². The Kier molecular flexibility index (Phi) is 5.58. The highest BCUT2D eigenvalue weighted by Gasteiger charge is 2.23. The Morgan fingerprint density at radius 2 is 1.43 bits per heavy atom. The van der Waals surface area contributed by atoms with Crippen LogP contribution in [0.25, 0.3) is 0 Å². The Balaban J connectivity index is 4.53. The fraction of sp³-hybridized carbons (Fsp3) is 0.909. The topological polar surface area (TPSA) is 41.8 Å². The molecule has 0 aromatic heterocycles. The molecule has 0 aliphatic heterocycles. The number of hydrogen-bond acceptors (Lipinski definition) is 3. The van der Waals surface area contributed by atoms with Crippen molar-refractivity contribution in [2.45, 2.75) is 53.6 Å². The summed E-state index contributed by atoms with van der Waals surface area (Å²) in [6.07, 6.45) is 0. The molecular formula is C11H22N2O. The van der Waals surface area contributed by atoms with Gasteiger partial charge in [0.2, 0.25) is 0 Å². The van der Waals surface area contributed by atoms with E-state index in [2.05, 4.69) is 10.2 Å². The average molecular weight is 198 g/mol. The first-order valence-electron chi connectivity index (χ1n) is 5.30. The number of carbonyl (C=O) groups is 1. The molecule has 0 heterocycles. The predicted molar refractivity (Wildman–Crippen MR) is 58.5 cm³/mol. The molecule has 82 valence electrons. The highest BCUT2D eigenvalue weighted by molar-refractivity contribution is 5.85. The van der Waals surface area contributed by atoms with Crippen molar-refractivity contribution in [1.29, 1.82) is 0 Å². The van der Waals surface area contributed by atoms with Crippen LogP contribution >= 0.6 is 0 Å². The van der Waals surface area contributed by atoms with Crippen LogP contribution in [0, 0.1) is 11.8 Å². The van der Waals surface area contributed by atoms with Crippen LogP contribution in [0.15, 0.2) is 10.2 Å². The molecule has 0 aromatic rings. The molecule has 0 saturated carbocycles. The summed E-state index contributed by atoms with van der Waals surface area (Å²) >= 11 is 0. The SMILES string of the molecule is CC(C)N=NC(C(=O)C(C)C)C(C)C. The summed E-state index contributed by atoms with van der Waals surface area (Å²) in [4.78, 5) is 11.7. The smallest absolute Gasteiger partial charge is 0.161 e. The summed E-state index contributed by atoms with van der Waals surface area (Å²) in [6.45, 7) is 11.7. The van der Waals surface area contributed by atoms with E-state index in [1.807, 2.05) is 41.5 Å². The normalized spacial score (nSPS) is 14.6. The molecule has 0 spiro atoms. The van der Waals surface area contributed by atoms with Gasteiger partial charge >= 0.3 is 0 Å². The van der Waals surface area contributed by atoms with E-state index in [0.29, 0.717) is 0 Å². The molecule has 0 aliphatic carbocycles. The van der Waals surface area contributed by atoms with Crippen LogP contribution in [0.5, 0.6) is 0 Å². The van der Waals surface area contributed by atoms with Crippen LogP contribution in [0.3, 0.4) is 0 Å². The van der Waals surface area contributed by atoms with Crippen LogP contribution in [0.4, 0.5) is 0 Å². The Morgan fingerprint density at radius 1 is 0.929 bits per heavy atom. The van der Waals surface area contributed by atoms with Crippen molar-refractivity contribution in [2.24, 2.45) is 22.1 Å². The number of Topliss-reactive ketones (excluding diaryl/α,β-unsaturated/α-hetero) is 1. The van der Waals surface area contributed by atoms with E-state index in [1.54, 1.807) is 0 Å². The molecule has 14 heavy (non-hydrogen) atoms. The molecule has 0 amide bonds. The first-order chi connectivity index (χ1) is 6.36. The molecule has 0 saturated heterocycles. The maximum Gasteiger partial charge on any atom is 0.161 e. The van der Waals surface area contributed by atoms with E-state index >= 15 is 0 Å². The minimum Gasteiger partial charge on any atom is -0.297 e. The highest BCUT2D eigenvalue weighted by Crippen LogP contribution is 2.13. The van der Waals surface area contributed by atoms with Crippen molar-refractivity contribution in [1.82, 2.24) is 0 Å². The zero-order valence-electron chi connectivity index (χ0n) is 10.1. The first-order valence-corrected chi connectivity index (χ1v) is 5.30. The van der Waals surface area contributed by atoms with Crippen LogP contribution in [-0.4, -0.2) is 17.9 Å². The third-order valence-corrected chi connectivity index (χ3v) is 1.91. The summed E-state index contributed by atoms with van der Waals surface area (Å²) in [5, 5.41) is 8.17. The molecule has 0 aliphatic rings. The van der Waals surface area contributed by atoms with Crippen molar-refractivity contribution in [2.75, 3.05) is 0 Å². The monoisotopic (exact) mass is 198 g/mol. The Labute approximate surface area is 87.0 Å². The number of azo groups is 1. The molecule has 1 unspecified atom stereocenters. The third kappa shape index (κ3) is 4.49. The molecule has 3 heteroatoms. The van der Waals surface area contributed by atoms with Crippen molar-refractivity contribution >= 4 is 5.78 Å². The van der Waals surface area contributed by atoms with Gasteiger partial charge < -0.3 is 0 Å². The van der Waals surface area contributed by atoms with Gasteiger partial charge in [0.15, 0.2) is 5.78 Å². The quantitative estimate of drug-likeness (QED) is 0.626. The van der Waals surface area contributed by atoms with E-state index in [4.69, 9.17) is 0 Å². The largest absolute Gasteiger partial charge is 0.297 e. The third-order valence-electron chi connectivity index (χ3n) is 1.91. The van der Waals surface area contributed by atoms with Gasteiger partial charge in [0.05, 0.1) is 6.04 Å². The maximum atomic E-state index is 11.7. The summed E-state index contributed by atoms with van der Waals surface area (Å²) < 4.78 is 0. The van der Waals surface area contributed by atoms with E-state index in [0.717, 1.165) is 0 Å². The van der Waals surface area contributed by atoms with Crippen molar-refractivity contribution in [3.63, 3.8) is 0 Å². The summed E-state index contributed by atoms with van der Waals surface area (Å²) in [7, 11) is 0. The molecule has 0 rings (SSSR count). The standard InChI is InChI=1S/C11H22N2O/c1-7(2)10(11(14)8(3)4)13-12-9(5)6/h7-10H,1-6H3. The summed E-state index contributed by atoms with van der Waals surface area (Å²) in [5.41, 5.74) is 0. The minimum atomic E-state index is -0.266. The van der Waals surface area contributed by atoms with Gasteiger partial charge in [-0.1, -0.05) is 27.7 Å². The molecule has 3 nitrogen and oxygen atoms in total. The van der Waals surface area contributed by atoms with Gasteiger partial charge in [-0.25, -0.2) is 0 Å². The van der Waals surface area contributed by atoms with Gasteiger partial charge in [0.1, 0.15) is 6.04 Å². The zero-order valence-corrected chi connectivity index (χ0v) is 10.1. The fourth-order valence-corrected chi connectivity index (χ4v) is 1.07. The lowest BCUT2D eigenvalue weighted by atomic mass is 9.94. The maximum absolute atomic E-state index is 11.7. The number of carbonyl (C=O) groups excluding carboxylic acids is 1. The lowest BCUT2D eigenvalue weighted by molar-refractivity contribution is -0.124. The van der Waals surface area contributed by atoms with Gasteiger partial charge in [0, 0.05) is 5.92 Å². The number of ketones is 1. The highest BCUT2D eigenvalue weighted by atomic mass is 16.1. The molecule has 0 radical (unpaired) electrons. The van der Waals surface area contributed by atoms with E-state index < -0.39 is 0 Å². The number of nitrogens with zero attached hydrogens (tertiary/aromatic N) is 2. The lowest BCUT2D eigenvalue weighted by Gasteiger charge is -2.16. The van der Waals surface area contributed by atoms with E-state index in [-0.39, 0.29) is 29.7 Å². The van der Waals surface area contributed by atoms with Crippen molar-refractivity contribution in [3.8, 4) is 0 Å². The predicted octanol–water partition coefficient (Wildman–Crippen LogP) is 3.10. The second kappa shape index (κ2) is 5.89. The Hall–Kier alpha value is -0.730. The van der Waals surface area contributed by atoms with Crippen LogP contribution in [0.2, 0.25) is 0 Å². The fourth-order valence-electron chi connectivity index (χ4n) is 1.07. The molecular weight excluding hydrogens is 176 g/mol. The van der Waals surface area contributed by atoms with E-state index in [1.165, 1.54) is 0 Å². The molecule has 0 fully saturated rings. The first kappa shape index (κ1) is 13.3. The van der Waals surface area contributed by atoms with Crippen LogP contribution < -0.4 is 0 Å². The second-order valence-electron chi connectivity index (χ2n) is 4.57. The summed E-state index contributed by atoms with van der Waals surface area (Å²) in [5.74, 6) is 0.449. The molecule has 0 bridgehead atoms. The molecule has 0 aromatic carbocycles. The Morgan fingerprint density at radius 3 is 1.71 bits per heavy atom. The minimum absolute atomic E-state index is 0.0357. The van der Waals surface area contributed by atoms with Crippen LogP contribution in [-0.2, 0) is 4.79 Å². The number of hydrogen-bond donors (Lipinski definition) is 0. The van der Waals surface area contributed by atoms with E-state index in [9.17, 15) is 4.79 Å². The van der Waals surface area contributed by atoms with Crippen molar-refractivity contribution in [3.05, 3.63) is 0 Å². The Bertz CT molecular complexity index is 207. The average Bonchev–Trinajstić information content (AvgIpc) is 2.02. The van der Waals surface area contributed by atoms with Gasteiger partial charge in [-0.15, -0.1) is 0 Å².